The minimum atomic E-state index is -3.72. The van der Waals surface area contributed by atoms with Gasteiger partial charge >= 0.3 is 5.69 Å². The summed E-state index contributed by atoms with van der Waals surface area (Å²) in [5.74, 6) is 0.561. The summed E-state index contributed by atoms with van der Waals surface area (Å²) in [7, 11) is -3.72. The molecule has 2 aliphatic heterocycles. The van der Waals surface area contributed by atoms with Gasteiger partial charge in [0.05, 0.1) is 27.2 Å². The molecule has 0 unspecified atom stereocenters. The number of nitrogens with one attached hydrogen (secondary N) is 1. The van der Waals surface area contributed by atoms with Crippen molar-refractivity contribution in [2.75, 3.05) is 32.8 Å². The first kappa shape index (κ1) is 26.5. The summed E-state index contributed by atoms with van der Waals surface area (Å²) >= 11 is 3.73. The second kappa shape index (κ2) is 10.3. The Labute approximate surface area is 234 Å². The van der Waals surface area contributed by atoms with Crippen LogP contribution in [0, 0.1) is 0 Å². The lowest BCUT2D eigenvalue weighted by Crippen LogP contribution is -2.51. The summed E-state index contributed by atoms with van der Waals surface area (Å²) in [6.45, 7) is 7.80. The predicted octanol–water partition coefficient (Wildman–Crippen LogP) is 3.47. The third-order valence-electron chi connectivity index (χ3n) is 7.71. The highest BCUT2D eigenvalue weighted by Gasteiger charge is 2.36. The third-order valence-corrected chi connectivity index (χ3v) is 10.3. The van der Waals surface area contributed by atoms with E-state index in [1.807, 2.05) is 13.8 Å². The number of aromatic amines is 1. The van der Waals surface area contributed by atoms with E-state index in [2.05, 4.69) is 36.0 Å². The first-order valence-electron chi connectivity index (χ1n) is 13.5. The number of H-pyrrole nitrogens is 1. The zero-order chi connectivity index (χ0) is 27.3. The van der Waals surface area contributed by atoms with Crippen molar-refractivity contribution in [2.45, 2.75) is 57.0 Å². The van der Waals surface area contributed by atoms with Crippen LogP contribution >= 0.6 is 15.9 Å². The Morgan fingerprint density at radius 3 is 2.82 bits per heavy atom. The van der Waals surface area contributed by atoms with Gasteiger partial charge in [0.1, 0.15) is 17.6 Å². The van der Waals surface area contributed by atoms with Crippen molar-refractivity contribution in [3.8, 4) is 17.0 Å². The Morgan fingerprint density at radius 1 is 1.18 bits per heavy atom. The Kier molecular flexibility index (Phi) is 7.02. The minimum absolute atomic E-state index is 0.219. The molecule has 39 heavy (non-hydrogen) atoms. The largest absolute Gasteiger partial charge is 0.493 e. The van der Waals surface area contributed by atoms with Crippen LogP contribution in [-0.2, 0) is 16.6 Å². The number of halogens is 1. The zero-order valence-electron chi connectivity index (χ0n) is 22.1. The van der Waals surface area contributed by atoms with Gasteiger partial charge in [-0.3, -0.25) is 9.47 Å². The topological polar surface area (TPSA) is 118 Å². The van der Waals surface area contributed by atoms with Crippen LogP contribution < -0.4 is 10.4 Å². The van der Waals surface area contributed by atoms with E-state index in [0.717, 1.165) is 38.8 Å². The molecule has 11 nitrogen and oxygen atoms in total. The summed E-state index contributed by atoms with van der Waals surface area (Å²) < 4.78 is 39.1. The molecule has 6 rings (SSSR count). The molecule has 0 spiro atoms. The molecule has 3 aromatic heterocycles. The monoisotopic (exact) mass is 617 g/mol. The molecule has 5 heterocycles. The zero-order valence-corrected chi connectivity index (χ0v) is 24.5. The molecule has 0 aliphatic carbocycles. The summed E-state index contributed by atoms with van der Waals surface area (Å²) in [6.07, 6.45) is 5.10. The van der Waals surface area contributed by atoms with Crippen molar-refractivity contribution in [3.63, 3.8) is 0 Å². The standard InChI is InChI=1S/C26H32BrN7O4S/c1-3-9-33-24-21(27)22(29-23(24)25-30-28-16-34(25)26(33)35)19-14-18(7-8-20(19)38-13-4-2)39(36,37)32-12-11-31-10-5-6-17(31)15-32/h7-8,14,16-17,29H,3-6,9-13,15H2,1-2H3/t17-/m1/s1. The number of nitrogens with zero attached hydrogens (tertiary/aromatic N) is 6. The van der Waals surface area contributed by atoms with Crippen LogP contribution in [0.1, 0.15) is 39.5 Å². The SMILES string of the molecule is CCCOc1ccc(S(=O)(=O)N2CCN3CCC[C@@H]3C2)cc1-c1[nH]c2c(c1Br)n(CCC)c(=O)n1cnnc21. The van der Waals surface area contributed by atoms with Crippen molar-refractivity contribution in [1.82, 2.24) is 33.4 Å². The lowest BCUT2D eigenvalue weighted by Gasteiger charge is -2.36. The van der Waals surface area contributed by atoms with Crippen molar-refractivity contribution in [3.05, 3.63) is 39.5 Å². The smallest absolute Gasteiger partial charge is 0.335 e. The normalized spacial score (nSPS) is 18.8. The summed E-state index contributed by atoms with van der Waals surface area (Å²) in [5.41, 5.74) is 2.68. The quantitative estimate of drug-likeness (QED) is 0.322. The van der Waals surface area contributed by atoms with E-state index < -0.39 is 10.0 Å². The number of piperazine rings is 1. The van der Waals surface area contributed by atoms with Crippen molar-refractivity contribution >= 4 is 42.6 Å². The molecule has 0 saturated carbocycles. The van der Waals surface area contributed by atoms with Crippen molar-refractivity contribution < 1.29 is 13.2 Å². The molecule has 1 aromatic carbocycles. The lowest BCUT2D eigenvalue weighted by atomic mass is 10.1. The van der Waals surface area contributed by atoms with Gasteiger partial charge in [-0.25, -0.2) is 17.6 Å². The lowest BCUT2D eigenvalue weighted by molar-refractivity contribution is 0.158. The van der Waals surface area contributed by atoms with E-state index in [0.29, 0.717) is 64.4 Å². The maximum Gasteiger partial charge on any atom is 0.335 e. The van der Waals surface area contributed by atoms with Crippen LogP contribution in [0.25, 0.3) is 27.9 Å². The molecule has 208 valence electrons. The fourth-order valence-corrected chi connectivity index (χ4v) is 8.02. The maximum absolute atomic E-state index is 13.8. The van der Waals surface area contributed by atoms with Crippen LogP contribution in [0.3, 0.4) is 0 Å². The van der Waals surface area contributed by atoms with E-state index in [4.69, 9.17) is 4.74 Å². The highest BCUT2D eigenvalue weighted by molar-refractivity contribution is 9.10. The molecule has 0 bridgehead atoms. The van der Waals surface area contributed by atoms with Gasteiger partial charge in [0.25, 0.3) is 0 Å². The molecule has 13 heteroatoms. The second-order valence-electron chi connectivity index (χ2n) is 10.2. The Balaban J connectivity index is 1.51. The fraction of sp³-hybridized carbons (Fsp3) is 0.500. The van der Waals surface area contributed by atoms with Crippen LogP contribution in [0.2, 0.25) is 0 Å². The van der Waals surface area contributed by atoms with E-state index >= 15 is 0 Å². The number of fused-ring (bicyclic) bond motifs is 4. The number of aryl methyl sites for hydroxylation is 1. The maximum atomic E-state index is 13.8. The summed E-state index contributed by atoms with van der Waals surface area (Å²) in [5, 5.41) is 8.14. The van der Waals surface area contributed by atoms with Gasteiger partial charge in [0.2, 0.25) is 10.0 Å². The van der Waals surface area contributed by atoms with Gasteiger partial charge in [-0.05, 0) is 66.4 Å². The molecule has 1 N–H and O–H groups in total. The molecule has 2 saturated heterocycles. The Morgan fingerprint density at radius 2 is 2.03 bits per heavy atom. The number of hydrogen-bond donors (Lipinski definition) is 1. The van der Waals surface area contributed by atoms with Gasteiger partial charge < -0.3 is 9.72 Å². The first-order valence-corrected chi connectivity index (χ1v) is 15.7. The van der Waals surface area contributed by atoms with Crippen LogP contribution in [0.5, 0.6) is 5.75 Å². The van der Waals surface area contributed by atoms with E-state index in [-0.39, 0.29) is 16.6 Å². The number of rotatable bonds is 8. The number of benzene rings is 1. The fourth-order valence-electron chi connectivity index (χ4n) is 5.80. The molecule has 4 aromatic rings. The average Bonchev–Trinajstić information content (AvgIpc) is 3.68. The molecule has 1 atom stereocenters. The molecule has 2 fully saturated rings. The highest BCUT2D eigenvalue weighted by Crippen LogP contribution is 2.41. The van der Waals surface area contributed by atoms with E-state index in [1.165, 1.54) is 10.7 Å². The Bertz CT molecular complexity index is 1710. The molecule has 0 radical (unpaired) electrons. The average molecular weight is 619 g/mol. The van der Waals surface area contributed by atoms with Gasteiger partial charge in [0, 0.05) is 37.8 Å². The van der Waals surface area contributed by atoms with Crippen molar-refractivity contribution in [2.24, 2.45) is 0 Å². The van der Waals surface area contributed by atoms with Gasteiger partial charge in [-0.1, -0.05) is 13.8 Å². The molecular formula is C26H32BrN7O4S. The second-order valence-corrected chi connectivity index (χ2v) is 12.9. The van der Waals surface area contributed by atoms with Crippen LogP contribution in [0.15, 0.2) is 38.7 Å². The molecule has 0 amide bonds. The summed E-state index contributed by atoms with van der Waals surface area (Å²) in [6, 6.07) is 5.32. The number of sulfonamides is 1. The first-order chi connectivity index (χ1) is 18.8. The van der Waals surface area contributed by atoms with E-state index in [1.54, 1.807) is 27.1 Å². The van der Waals surface area contributed by atoms with Gasteiger partial charge in [-0.2, -0.15) is 4.31 Å². The van der Waals surface area contributed by atoms with Gasteiger partial charge in [-0.15, -0.1) is 10.2 Å². The molecule has 2 aliphatic rings. The summed E-state index contributed by atoms with van der Waals surface area (Å²) in [4.78, 5) is 19.3. The number of aromatic nitrogens is 5. The van der Waals surface area contributed by atoms with Crippen LogP contribution in [0.4, 0.5) is 0 Å². The third kappa shape index (κ3) is 4.39. The predicted molar refractivity (Wildman–Crippen MR) is 152 cm³/mol. The van der Waals surface area contributed by atoms with Crippen molar-refractivity contribution in [1.29, 1.82) is 0 Å². The highest BCUT2D eigenvalue weighted by atomic mass is 79.9. The molecular weight excluding hydrogens is 586 g/mol. The van der Waals surface area contributed by atoms with Crippen LogP contribution in [-0.4, -0.2) is 80.6 Å². The minimum Gasteiger partial charge on any atom is -0.493 e. The Hall–Kier alpha value is -2.74. The van der Waals surface area contributed by atoms with E-state index in [9.17, 15) is 13.2 Å². The number of ether oxygens (including phenoxy) is 1. The van der Waals surface area contributed by atoms with Gasteiger partial charge in [0.15, 0.2) is 5.65 Å². The number of hydrogen-bond acceptors (Lipinski definition) is 7.